The molecule has 2 saturated heterocycles. The molecule has 1 aromatic heterocycles. The van der Waals surface area contributed by atoms with Crippen molar-refractivity contribution in [1.82, 2.24) is 19.4 Å². The Balaban J connectivity index is 1.64. The van der Waals surface area contributed by atoms with Crippen molar-refractivity contribution in [1.29, 1.82) is 0 Å². The van der Waals surface area contributed by atoms with E-state index in [9.17, 15) is 4.79 Å². The molecule has 0 radical (unpaired) electrons. The number of aryl methyl sites for hydroxylation is 1. The third-order valence-electron chi connectivity index (χ3n) is 5.08. The normalized spacial score (nSPS) is 26.4. The summed E-state index contributed by atoms with van der Waals surface area (Å²) in [5.74, 6) is 1.27. The molecule has 23 heavy (non-hydrogen) atoms. The number of rotatable bonds is 4. The zero-order valence-corrected chi connectivity index (χ0v) is 14.3. The number of carbonyl (C=O) groups is 1. The maximum atomic E-state index is 12.7. The number of imidazole rings is 1. The van der Waals surface area contributed by atoms with Gasteiger partial charge in [-0.2, -0.15) is 0 Å². The number of aromatic nitrogens is 2. The molecule has 0 N–H and O–H groups in total. The van der Waals surface area contributed by atoms with E-state index in [1.54, 1.807) is 0 Å². The van der Waals surface area contributed by atoms with Crippen LogP contribution in [0.25, 0.3) is 0 Å². The van der Waals surface area contributed by atoms with Crippen molar-refractivity contribution in [3.05, 3.63) is 18.2 Å². The number of likely N-dealkylation sites (N-methyl/N-ethyl adjacent to an activating group) is 1. The molecule has 2 aliphatic rings. The van der Waals surface area contributed by atoms with E-state index in [4.69, 9.17) is 4.74 Å². The molecule has 0 aromatic carbocycles. The molecule has 3 rings (SSSR count). The van der Waals surface area contributed by atoms with Gasteiger partial charge in [0.1, 0.15) is 5.82 Å². The number of nitrogens with zero attached hydrogens (tertiary/aromatic N) is 4. The van der Waals surface area contributed by atoms with Gasteiger partial charge in [0.2, 0.25) is 5.91 Å². The Hall–Kier alpha value is -1.40. The number of piperazine rings is 1. The number of carbonyl (C=O) groups excluding carboxylic acids is 1. The molecule has 128 valence electrons. The van der Waals surface area contributed by atoms with Crippen LogP contribution < -0.4 is 0 Å². The maximum absolute atomic E-state index is 12.7. The predicted octanol–water partition coefficient (Wildman–Crippen LogP) is 1.58. The van der Waals surface area contributed by atoms with E-state index in [1.165, 1.54) is 6.42 Å². The molecule has 2 atom stereocenters. The van der Waals surface area contributed by atoms with Crippen molar-refractivity contribution in [2.24, 2.45) is 7.05 Å². The van der Waals surface area contributed by atoms with Gasteiger partial charge in [0.05, 0.1) is 18.6 Å². The fourth-order valence-electron chi connectivity index (χ4n) is 3.66. The average molecular weight is 320 g/mol. The molecule has 2 fully saturated rings. The second-order valence-corrected chi connectivity index (χ2v) is 6.57. The average Bonchev–Trinajstić information content (AvgIpc) is 3.01. The van der Waals surface area contributed by atoms with Crippen molar-refractivity contribution in [2.75, 3.05) is 32.8 Å². The summed E-state index contributed by atoms with van der Waals surface area (Å²) >= 11 is 0. The van der Waals surface area contributed by atoms with Gasteiger partial charge < -0.3 is 14.2 Å². The van der Waals surface area contributed by atoms with Crippen molar-refractivity contribution >= 4 is 5.91 Å². The summed E-state index contributed by atoms with van der Waals surface area (Å²) in [5.41, 5.74) is 0. The van der Waals surface area contributed by atoms with Crippen molar-refractivity contribution in [3.8, 4) is 0 Å². The highest BCUT2D eigenvalue weighted by molar-refractivity contribution is 5.77. The number of hydrogen-bond acceptors (Lipinski definition) is 4. The minimum absolute atomic E-state index is 0.118. The number of hydrogen-bond donors (Lipinski definition) is 0. The van der Waals surface area contributed by atoms with Gasteiger partial charge in [0, 0.05) is 45.7 Å². The monoisotopic (exact) mass is 320 g/mol. The fourth-order valence-corrected chi connectivity index (χ4v) is 3.66. The highest BCUT2D eigenvalue weighted by Gasteiger charge is 2.32. The van der Waals surface area contributed by atoms with Gasteiger partial charge in [-0.1, -0.05) is 6.92 Å². The molecular weight excluding hydrogens is 292 g/mol. The quantitative estimate of drug-likeness (QED) is 0.845. The lowest BCUT2D eigenvalue weighted by Crippen LogP contribution is -2.51. The molecule has 2 aliphatic heterocycles. The summed E-state index contributed by atoms with van der Waals surface area (Å²) in [7, 11) is 2.02. The SMILES string of the molecule is CCN1CCN(C(=O)C[C@@H]2CCCCO2)C[C@H]1c1nccn1C. The zero-order valence-electron chi connectivity index (χ0n) is 14.3. The highest BCUT2D eigenvalue weighted by atomic mass is 16.5. The van der Waals surface area contributed by atoms with E-state index in [0.29, 0.717) is 6.42 Å². The van der Waals surface area contributed by atoms with Crippen LogP contribution in [0.4, 0.5) is 0 Å². The molecule has 0 saturated carbocycles. The van der Waals surface area contributed by atoms with E-state index in [-0.39, 0.29) is 18.1 Å². The second kappa shape index (κ2) is 7.45. The number of amides is 1. The molecule has 0 aliphatic carbocycles. The molecule has 1 amide bonds. The minimum Gasteiger partial charge on any atom is -0.378 e. The van der Waals surface area contributed by atoms with E-state index < -0.39 is 0 Å². The fraction of sp³-hybridized carbons (Fsp3) is 0.765. The Morgan fingerprint density at radius 3 is 2.91 bits per heavy atom. The highest BCUT2D eigenvalue weighted by Crippen LogP contribution is 2.25. The molecule has 3 heterocycles. The van der Waals surface area contributed by atoms with Crippen LogP contribution in [0.2, 0.25) is 0 Å². The Labute approximate surface area is 138 Å². The van der Waals surface area contributed by atoms with E-state index in [2.05, 4.69) is 21.4 Å². The van der Waals surface area contributed by atoms with Crippen LogP contribution in [-0.2, 0) is 16.6 Å². The van der Waals surface area contributed by atoms with Gasteiger partial charge in [-0.25, -0.2) is 4.98 Å². The van der Waals surface area contributed by atoms with E-state index >= 15 is 0 Å². The summed E-state index contributed by atoms with van der Waals surface area (Å²) in [6.45, 7) is 6.39. The first-order valence-corrected chi connectivity index (χ1v) is 8.79. The zero-order chi connectivity index (χ0) is 16.2. The Kier molecular flexibility index (Phi) is 5.33. The molecular formula is C17H28N4O2. The minimum atomic E-state index is 0.118. The molecule has 0 bridgehead atoms. The Morgan fingerprint density at radius 1 is 1.39 bits per heavy atom. The largest absolute Gasteiger partial charge is 0.378 e. The smallest absolute Gasteiger partial charge is 0.225 e. The lowest BCUT2D eigenvalue weighted by Gasteiger charge is -2.41. The summed E-state index contributed by atoms with van der Waals surface area (Å²) in [5, 5.41) is 0. The summed E-state index contributed by atoms with van der Waals surface area (Å²) in [6.07, 6.45) is 7.77. The van der Waals surface area contributed by atoms with Crippen LogP contribution in [0, 0.1) is 0 Å². The third kappa shape index (κ3) is 3.75. The molecule has 6 heteroatoms. The standard InChI is InChI=1S/C17H28N4O2/c1-3-20-9-10-21(13-15(20)17-18-7-8-19(17)2)16(22)12-14-6-4-5-11-23-14/h7-8,14-15H,3-6,9-13H2,1-2H3/t14-,15-/m0/s1. The van der Waals surface area contributed by atoms with Gasteiger partial charge in [0.15, 0.2) is 0 Å². The molecule has 6 nitrogen and oxygen atoms in total. The molecule has 1 aromatic rings. The third-order valence-corrected chi connectivity index (χ3v) is 5.08. The topological polar surface area (TPSA) is 50.6 Å². The van der Waals surface area contributed by atoms with E-state index in [1.807, 2.05) is 24.3 Å². The first-order chi connectivity index (χ1) is 11.2. The van der Waals surface area contributed by atoms with Gasteiger partial charge >= 0.3 is 0 Å². The van der Waals surface area contributed by atoms with E-state index in [0.717, 1.165) is 51.5 Å². The maximum Gasteiger partial charge on any atom is 0.225 e. The Morgan fingerprint density at radius 2 is 2.26 bits per heavy atom. The lowest BCUT2D eigenvalue weighted by molar-refractivity contribution is -0.138. The first kappa shape index (κ1) is 16.5. The van der Waals surface area contributed by atoms with Gasteiger partial charge in [-0.3, -0.25) is 9.69 Å². The van der Waals surface area contributed by atoms with Crippen LogP contribution in [-0.4, -0.2) is 64.1 Å². The molecule has 0 unspecified atom stereocenters. The van der Waals surface area contributed by atoms with Crippen LogP contribution >= 0.6 is 0 Å². The Bertz CT molecular complexity index is 524. The van der Waals surface area contributed by atoms with Crippen LogP contribution in [0.15, 0.2) is 12.4 Å². The first-order valence-electron chi connectivity index (χ1n) is 8.79. The van der Waals surface area contributed by atoms with Crippen LogP contribution in [0.5, 0.6) is 0 Å². The molecule has 0 spiro atoms. The van der Waals surface area contributed by atoms with Gasteiger partial charge in [-0.15, -0.1) is 0 Å². The number of ether oxygens (including phenoxy) is 1. The van der Waals surface area contributed by atoms with Crippen LogP contribution in [0.3, 0.4) is 0 Å². The van der Waals surface area contributed by atoms with Crippen LogP contribution in [0.1, 0.15) is 44.5 Å². The summed E-state index contributed by atoms with van der Waals surface area (Å²) in [4.78, 5) is 21.6. The van der Waals surface area contributed by atoms with Crippen molar-refractivity contribution in [3.63, 3.8) is 0 Å². The predicted molar refractivity (Wildman–Crippen MR) is 88.0 cm³/mol. The van der Waals surface area contributed by atoms with Gasteiger partial charge in [0.25, 0.3) is 0 Å². The van der Waals surface area contributed by atoms with Gasteiger partial charge in [-0.05, 0) is 25.8 Å². The van der Waals surface area contributed by atoms with Crippen molar-refractivity contribution in [2.45, 2.75) is 44.8 Å². The van der Waals surface area contributed by atoms with Crippen molar-refractivity contribution < 1.29 is 9.53 Å². The lowest BCUT2D eigenvalue weighted by atomic mass is 10.0. The summed E-state index contributed by atoms with van der Waals surface area (Å²) < 4.78 is 7.79. The second-order valence-electron chi connectivity index (χ2n) is 6.57. The summed E-state index contributed by atoms with van der Waals surface area (Å²) in [6, 6.07) is 0.185.